The van der Waals surface area contributed by atoms with Gasteiger partial charge in [-0.05, 0) is 30.7 Å². The minimum atomic E-state index is -0.312. The number of rotatable bonds is 4. The van der Waals surface area contributed by atoms with Gasteiger partial charge in [-0.25, -0.2) is 0 Å². The Morgan fingerprint density at radius 2 is 2.00 bits per heavy atom. The molecule has 2 unspecified atom stereocenters. The second kappa shape index (κ2) is 6.00. The number of benzene rings is 1. The lowest BCUT2D eigenvalue weighted by Crippen LogP contribution is -2.15. The van der Waals surface area contributed by atoms with Crippen LogP contribution in [0.15, 0.2) is 18.2 Å². The lowest BCUT2D eigenvalue weighted by atomic mass is 10.2. The Kier molecular flexibility index (Phi) is 5.27. The van der Waals surface area contributed by atoms with Gasteiger partial charge in [0.25, 0.3) is 0 Å². The van der Waals surface area contributed by atoms with Gasteiger partial charge in [-0.3, -0.25) is 0 Å². The fourth-order valence-electron chi connectivity index (χ4n) is 1.01. The summed E-state index contributed by atoms with van der Waals surface area (Å²) in [5.41, 5.74) is 1.02. The summed E-state index contributed by atoms with van der Waals surface area (Å²) < 4.78 is 0. The van der Waals surface area contributed by atoms with E-state index in [1.165, 1.54) is 0 Å². The summed E-state index contributed by atoms with van der Waals surface area (Å²) in [4.78, 5) is 0. The first-order valence-corrected chi connectivity index (χ1v) is 6.54. The fraction of sp³-hybridized carbons (Fsp3) is 0.455. The predicted octanol–water partition coefficient (Wildman–Crippen LogP) is 4.00. The smallest absolute Gasteiger partial charge is 0.0628 e. The van der Waals surface area contributed by atoms with E-state index in [1.54, 1.807) is 30.8 Å². The molecule has 0 saturated heterocycles. The van der Waals surface area contributed by atoms with Gasteiger partial charge in [-0.15, -0.1) is 0 Å². The maximum Gasteiger partial charge on any atom is 0.0628 e. The Morgan fingerprint density at radius 3 is 2.60 bits per heavy atom. The molecule has 0 heterocycles. The molecule has 0 aliphatic rings. The Balaban J connectivity index is 2.61. The molecule has 1 nitrogen and oxygen atoms in total. The standard InChI is InChI=1S/C11H14Cl2OS/c1-7(14)8(2)15-6-9-5-10(12)3-4-11(9)13/h3-5,7-8,14H,6H2,1-2H3. The van der Waals surface area contributed by atoms with Crippen LogP contribution >= 0.6 is 35.0 Å². The summed E-state index contributed by atoms with van der Waals surface area (Å²) in [6.45, 7) is 3.78. The third kappa shape index (κ3) is 4.23. The van der Waals surface area contributed by atoms with E-state index in [1.807, 2.05) is 13.0 Å². The molecular formula is C11H14Cl2OS. The summed E-state index contributed by atoms with van der Waals surface area (Å²) >= 11 is 13.6. The summed E-state index contributed by atoms with van der Waals surface area (Å²) in [7, 11) is 0. The van der Waals surface area contributed by atoms with Gasteiger partial charge in [-0.1, -0.05) is 30.1 Å². The minimum Gasteiger partial charge on any atom is -0.392 e. The molecular weight excluding hydrogens is 251 g/mol. The van der Waals surface area contributed by atoms with Crippen LogP contribution in [0.2, 0.25) is 10.0 Å². The van der Waals surface area contributed by atoms with E-state index in [0.717, 1.165) is 16.3 Å². The SMILES string of the molecule is CC(O)C(C)SCc1cc(Cl)ccc1Cl. The van der Waals surface area contributed by atoms with Crippen molar-refractivity contribution in [3.05, 3.63) is 33.8 Å². The molecule has 0 saturated carbocycles. The van der Waals surface area contributed by atoms with Crippen molar-refractivity contribution in [2.24, 2.45) is 0 Å². The maximum atomic E-state index is 9.34. The topological polar surface area (TPSA) is 20.2 Å². The summed E-state index contributed by atoms with van der Waals surface area (Å²) in [6, 6.07) is 5.44. The van der Waals surface area contributed by atoms with Crippen LogP contribution in [0.25, 0.3) is 0 Å². The number of hydrogen-bond acceptors (Lipinski definition) is 2. The van der Waals surface area contributed by atoms with Crippen LogP contribution in [0.3, 0.4) is 0 Å². The zero-order valence-corrected chi connectivity index (χ0v) is 11.0. The van der Waals surface area contributed by atoms with Crippen molar-refractivity contribution in [3.63, 3.8) is 0 Å². The Hall–Kier alpha value is 0.110. The average molecular weight is 265 g/mol. The third-order valence-electron chi connectivity index (χ3n) is 2.19. The van der Waals surface area contributed by atoms with E-state index in [-0.39, 0.29) is 11.4 Å². The largest absolute Gasteiger partial charge is 0.392 e. The van der Waals surface area contributed by atoms with Gasteiger partial charge in [-0.2, -0.15) is 11.8 Å². The van der Waals surface area contributed by atoms with E-state index < -0.39 is 0 Å². The molecule has 0 aliphatic carbocycles. The molecule has 0 radical (unpaired) electrons. The van der Waals surface area contributed by atoms with Crippen LogP contribution in [0.1, 0.15) is 19.4 Å². The zero-order valence-electron chi connectivity index (χ0n) is 8.71. The van der Waals surface area contributed by atoms with Crippen molar-refractivity contribution in [1.82, 2.24) is 0 Å². The number of thioether (sulfide) groups is 1. The van der Waals surface area contributed by atoms with Crippen molar-refractivity contribution in [1.29, 1.82) is 0 Å². The van der Waals surface area contributed by atoms with Gasteiger partial charge in [0.1, 0.15) is 0 Å². The monoisotopic (exact) mass is 264 g/mol. The third-order valence-corrected chi connectivity index (χ3v) is 4.19. The van der Waals surface area contributed by atoms with Crippen LogP contribution in [0, 0.1) is 0 Å². The van der Waals surface area contributed by atoms with E-state index >= 15 is 0 Å². The molecule has 0 fully saturated rings. The number of hydrogen-bond donors (Lipinski definition) is 1. The van der Waals surface area contributed by atoms with Crippen molar-refractivity contribution in [3.8, 4) is 0 Å². The van der Waals surface area contributed by atoms with E-state index in [2.05, 4.69) is 0 Å². The zero-order chi connectivity index (χ0) is 11.4. The highest BCUT2D eigenvalue weighted by atomic mass is 35.5. The molecule has 0 aromatic heterocycles. The molecule has 1 N–H and O–H groups in total. The summed E-state index contributed by atoms with van der Waals surface area (Å²) in [6.07, 6.45) is -0.312. The molecule has 0 aliphatic heterocycles. The molecule has 1 aromatic carbocycles. The molecule has 1 rings (SSSR count). The molecule has 1 aromatic rings. The summed E-state index contributed by atoms with van der Waals surface area (Å²) in [5.74, 6) is 0.769. The second-order valence-electron chi connectivity index (χ2n) is 3.49. The number of aliphatic hydroxyl groups is 1. The highest BCUT2D eigenvalue weighted by Gasteiger charge is 2.10. The summed E-state index contributed by atoms with van der Waals surface area (Å²) in [5, 5.41) is 11.0. The molecule has 4 heteroatoms. The van der Waals surface area contributed by atoms with Gasteiger partial charge < -0.3 is 5.11 Å². The normalized spacial score (nSPS) is 15.0. The van der Waals surface area contributed by atoms with Gasteiger partial charge in [0.05, 0.1) is 6.10 Å². The fourth-order valence-corrected chi connectivity index (χ4v) is 2.43. The molecule has 0 amide bonds. The Morgan fingerprint density at radius 1 is 1.33 bits per heavy atom. The first-order chi connectivity index (χ1) is 7.00. The van der Waals surface area contributed by atoms with Crippen LogP contribution < -0.4 is 0 Å². The first kappa shape index (κ1) is 13.2. The quantitative estimate of drug-likeness (QED) is 0.888. The lowest BCUT2D eigenvalue weighted by molar-refractivity contribution is 0.196. The van der Waals surface area contributed by atoms with Gasteiger partial charge in [0, 0.05) is 21.0 Å². The van der Waals surface area contributed by atoms with Gasteiger partial charge in [0.15, 0.2) is 0 Å². The van der Waals surface area contributed by atoms with Crippen LogP contribution in [-0.2, 0) is 5.75 Å². The molecule has 15 heavy (non-hydrogen) atoms. The van der Waals surface area contributed by atoms with Crippen LogP contribution in [-0.4, -0.2) is 16.5 Å². The first-order valence-electron chi connectivity index (χ1n) is 4.74. The molecule has 84 valence electrons. The molecule has 2 atom stereocenters. The lowest BCUT2D eigenvalue weighted by Gasteiger charge is -2.14. The van der Waals surface area contributed by atoms with Crippen molar-refractivity contribution in [2.75, 3.05) is 0 Å². The van der Waals surface area contributed by atoms with E-state index in [0.29, 0.717) is 5.02 Å². The van der Waals surface area contributed by atoms with Crippen molar-refractivity contribution in [2.45, 2.75) is 31.0 Å². The minimum absolute atomic E-state index is 0.194. The number of halogens is 2. The average Bonchev–Trinajstić information content (AvgIpc) is 2.18. The van der Waals surface area contributed by atoms with E-state index in [9.17, 15) is 5.11 Å². The van der Waals surface area contributed by atoms with Gasteiger partial charge >= 0.3 is 0 Å². The maximum absolute atomic E-state index is 9.34. The van der Waals surface area contributed by atoms with Crippen molar-refractivity contribution >= 4 is 35.0 Å². The van der Waals surface area contributed by atoms with Crippen LogP contribution in [0.5, 0.6) is 0 Å². The van der Waals surface area contributed by atoms with Crippen LogP contribution in [0.4, 0.5) is 0 Å². The number of aliphatic hydroxyl groups excluding tert-OH is 1. The Labute approximate surface area is 105 Å². The second-order valence-corrected chi connectivity index (χ2v) is 5.70. The highest BCUT2D eigenvalue weighted by molar-refractivity contribution is 7.99. The van der Waals surface area contributed by atoms with Crippen molar-refractivity contribution < 1.29 is 5.11 Å². The Bertz CT molecular complexity index is 328. The molecule has 0 bridgehead atoms. The highest BCUT2D eigenvalue weighted by Crippen LogP contribution is 2.27. The molecule has 0 spiro atoms. The van der Waals surface area contributed by atoms with E-state index in [4.69, 9.17) is 23.2 Å². The predicted molar refractivity (Wildman–Crippen MR) is 68.9 cm³/mol. The van der Waals surface area contributed by atoms with Gasteiger partial charge in [0.2, 0.25) is 0 Å².